The van der Waals surface area contributed by atoms with Gasteiger partial charge in [0.15, 0.2) is 0 Å². The summed E-state index contributed by atoms with van der Waals surface area (Å²) in [6, 6.07) is 10.5. The molecule has 0 N–H and O–H groups in total. The molecule has 1 aromatic rings. The van der Waals surface area contributed by atoms with E-state index in [1.807, 2.05) is 0 Å². The van der Waals surface area contributed by atoms with Crippen LogP contribution in [-0.4, -0.2) is 23.1 Å². The van der Waals surface area contributed by atoms with Crippen LogP contribution in [0.15, 0.2) is 30.3 Å². The Bertz CT molecular complexity index is 184. The van der Waals surface area contributed by atoms with Gasteiger partial charge in [-0.25, -0.2) is 0 Å². The van der Waals surface area contributed by atoms with E-state index < -0.39 is 0 Å². The van der Waals surface area contributed by atoms with E-state index in [4.69, 9.17) is 0 Å². The van der Waals surface area contributed by atoms with E-state index in [2.05, 4.69) is 44.2 Å². The Morgan fingerprint density at radius 2 is 1.58 bits per heavy atom. The van der Waals surface area contributed by atoms with Crippen LogP contribution in [0.3, 0.4) is 0 Å². The smallest absolute Gasteiger partial charge is 1.00 e. The second-order valence-corrected chi connectivity index (χ2v) is 2.87. The summed E-state index contributed by atoms with van der Waals surface area (Å²) in [6.07, 6.45) is 1.11. The summed E-state index contributed by atoms with van der Waals surface area (Å²) in [4.78, 5) is 0. The molecule has 0 saturated carbocycles. The standard InChI is InChI=1S/C10H13.BrH.Mg/c1-9(2)8-10-6-4-3-5-7-10;;/h3-7H,8H2,1-2H3;1H;/q-1;;+2/p-1. The molecule has 2 heteroatoms. The minimum atomic E-state index is 0. The van der Waals surface area contributed by atoms with Gasteiger partial charge in [-0.3, -0.25) is 0 Å². The van der Waals surface area contributed by atoms with E-state index in [9.17, 15) is 0 Å². The SMILES string of the molecule is C[C-](C)Cc1ccccc1.[Br-].[Mg+2]. The Morgan fingerprint density at radius 1 is 1.08 bits per heavy atom. The van der Waals surface area contributed by atoms with Crippen LogP contribution < -0.4 is 17.0 Å². The second kappa shape index (κ2) is 8.08. The zero-order chi connectivity index (χ0) is 7.40. The third-order valence-corrected chi connectivity index (χ3v) is 1.40. The Morgan fingerprint density at radius 3 is 2.00 bits per heavy atom. The molecule has 0 heterocycles. The van der Waals surface area contributed by atoms with Gasteiger partial charge in [0.2, 0.25) is 0 Å². The van der Waals surface area contributed by atoms with Crippen molar-refractivity contribution >= 4 is 23.1 Å². The minimum absolute atomic E-state index is 0. The molecule has 0 spiro atoms. The molecule has 0 fully saturated rings. The summed E-state index contributed by atoms with van der Waals surface area (Å²) >= 11 is 0. The van der Waals surface area contributed by atoms with Crippen molar-refractivity contribution in [3.63, 3.8) is 0 Å². The molecule has 0 unspecified atom stereocenters. The fourth-order valence-corrected chi connectivity index (χ4v) is 1.00. The molecule has 0 nitrogen and oxygen atoms in total. The monoisotopic (exact) mass is 236 g/mol. The molecule has 0 atom stereocenters. The first-order valence-corrected chi connectivity index (χ1v) is 3.62. The summed E-state index contributed by atoms with van der Waals surface area (Å²) in [7, 11) is 0. The van der Waals surface area contributed by atoms with Crippen LogP contribution >= 0.6 is 0 Å². The van der Waals surface area contributed by atoms with E-state index in [1.165, 1.54) is 11.5 Å². The van der Waals surface area contributed by atoms with E-state index in [-0.39, 0.29) is 40.0 Å². The zero-order valence-electron chi connectivity index (χ0n) is 7.68. The van der Waals surface area contributed by atoms with Gasteiger partial charge in [-0.05, 0) is 0 Å². The average molecular weight is 237 g/mol. The first-order valence-electron chi connectivity index (χ1n) is 3.62. The van der Waals surface area contributed by atoms with Crippen molar-refractivity contribution in [2.75, 3.05) is 0 Å². The maximum absolute atomic E-state index is 2.16. The van der Waals surface area contributed by atoms with Gasteiger partial charge < -0.3 is 22.9 Å². The first kappa shape index (κ1) is 15.0. The van der Waals surface area contributed by atoms with Crippen molar-refractivity contribution in [2.45, 2.75) is 20.3 Å². The molecule has 0 aliphatic carbocycles. The molecule has 0 saturated heterocycles. The third kappa shape index (κ3) is 6.03. The topological polar surface area (TPSA) is 0 Å². The van der Waals surface area contributed by atoms with Gasteiger partial charge in [-0.15, -0.1) is 0 Å². The fraction of sp³-hybridized carbons (Fsp3) is 0.300. The molecule has 12 heavy (non-hydrogen) atoms. The van der Waals surface area contributed by atoms with Gasteiger partial charge in [-0.2, -0.15) is 20.3 Å². The van der Waals surface area contributed by atoms with Crippen LogP contribution in [0, 0.1) is 5.92 Å². The molecule has 0 aliphatic heterocycles. The van der Waals surface area contributed by atoms with Crippen molar-refractivity contribution in [2.24, 2.45) is 0 Å². The number of rotatable bonds is 2. The average Bonchev–Trinajstić information content (AvgIpc) is 1.88. The van der Waals surface area contributed by atoms with Gasteiger partial charge in [-0.1, -0.05) is 35.9 Å². The Balaban J connectivity index is 0. The van der Waals surface area contributed by atoms with Gasteiger partial charge in [0, 0.05) is 0 Å². The minimum Gasteiger partial charge on any atom is -1.00 e. The third-order valence-electron chi connectivity index (χ3n) is 1.40. The fourth-order valence-electron chi connectivity index (χ4n) is 1.00. The predicted octanol–water partition coefficient (Wildman–Crippen LogP) is -0.533. The van der Waals surface area contributed by atoms with Crippen LogP contribution in [0.5, 0.6) is 0 Å². The molecule has 62 valence electrons. The number of halogens is 1. The molecule has 0 aliphatic rings. The molecule has 0 amide bonds. The van der Waals surface area contributed by atoms with Crippen molar-refractivity contribution < 1.29 is 17.0 Å². The quantitative estimate of drug-likeness (QED) is 0.479. The summed E-state index contributed by atoms with van der Waals surface area (Å²) in [5.41, 5.74) is 1.41. The first-order chi connectivity index (χ1) is 4.79. The Hall–Kier alpha value is 0.466. The predicted molar refractivity (Wildman–Crippen MR) is 50.5 cm³/mol. The van der Waals surface area contributed by atoms with Gasteiger partial charge >= 0.3 is 23.1 Å². The normalized spacial score (nSPS) is 8.58. The molecule has 0 aromatic heterocycles. The van der Waals surface area contributed by atoms with Crippen molar-refractivity contribution in [3.8, 4) is 0 Å². The molecule has 0 bridgehead atoms. The van der Waals surface area contributed by atoms with Gasteiger partial charge in [0.25, 0.3) is 0 Å². The summed E-state index contributed by atoms with van der Waals surface area (Å²) in [5, 5.41) is 0. The Labute approximate surface area is 102 Å². The molecular weight excluding hydrogens is 224 g/mol. The van der Waals surface area contributed by atoms with Crippen molar-refractivity contribution in [3.05, 3.63) is 41.8 Å². The maximum atomic E-state index is 2.16. The van der Waals surface area contributed by atoms with Gasteiger partial charge in [0.1, 0.15) is 0 Å². The molecular formula is C10H13BrMg. The second-order valence-electron chi connectivity index (χ2n) is 2.87. The Kier molecular flexibility index (Phi) is 10.1. The van der Waals surface area contributed by atoms with Crippen LogP contribution in [0.4, 0.5) is 0 Å². The van der Waals surface area contributed by atoms with Crippen molar-refractivity contribution in [1.82, 2.24) is 0 Å². The summed E-state index contributed by atoms with van der Waals surface area (Å²) in [5.74, 6) is 1.46. The van der Waals surface area contributed by atoms with Gasteiger partial charge in [0.05, 0.1) is 0 Å². The van der Waals surface area contributed by atoms with Crippen LogP contribution in [0.2, 0.25) is 0 Å². The number of hydrogen-bond acceptors (Lipinski definition) is 0. The maximum Gasteiger partial charge on any atom is 2.00 e. The molecule has 1 aromatic carbocycles. The van der Waals surface area contributed by atoms with Crippen LogP contribution in [0.25, 0.3) is 0 Å². The number of hydrogen-bond donors (Lipinski definition) is 0. The van der Waals surface area contributed by atoms with Crippen molar-refractivity contribution in [1.29, 1.82) is 0 Å². The van der Waals surface area contributed by atoms with Crippen LogP contribution in [-0.2, 0) is 6.42 Å². The summed E-state index contributed by atoms with van der Waals surface area (Å²) < 4.78 is 0. The van der Waals surface area contributed by atoms with E-state index >= 15 is 0 Å². The number of benzene rings is 1. The van der Waals surface area contributed by atoms with E-state index in [0.717, 1.165) is 6.42 Å². The van der Waals surface area contributed by atoms with E-state index in [1.54, 1.807) is 0 Å². The largest absolute Gasteiger partial charge is 2.00 e. The zero-order valence-corrected chi connectivity index (χ0v) is 10.7. The van der Waals surface area contributed by atoms with E-state index in [0.29, 0.717) is 0 Å². The molecule has 0 radical (unpaired) electrons. The molecule has 1 rings (SSSR count). The van der Waals surface area contributed by atoms with Crippen LogP contribution in [0.1, 0.15) is 19.4 Å². The summed E-state index contributed by atoms with van der Waals surface area (Å²) in [6.45, 7) is 4.32.